The molecule has 8 heteroatoms. The first-order valence-corrected chi connectivity index (χ1v) is 6.64. The fourth-order valence-electron chi connectivity index (χ4n) is 2.30. The van der Waals surface area contributed by atoms with E-state index in [1.165, 1.54) is 0 Å². The number of nitrogens with zero attached hydrogens (tertiary/aromatic N) is 3. The largest absolute Gasteiger partial charge is 0.355 e. The van der Waals surface area contributed by atoms with E-state index in [4.69, 9.17) is 4.52 Å². The Hall–Kier alpha value is -1.63. The average molecular weight is 345 g/mol. The van der Waals surface area contributed by atoms with Crippen molar-refractivity contribution in [2.24, 2.45) is 0 Å². The SMILES string of the molecule is CC1CN(C(=O)c2cc(-c3cccnc3)on2)CCN1.Cl.Cl. The number of halogens is 2. The van der Waals surface area contributed by atoms with Crippen molar-refractivity contribution < 1.29 is 9.32 Å². The van der Waals surface area contributed by atoms with E-state index in [1.807, 2.05) is 12.1 Å². The number of hydrogen-bond acceptors (Lipinski definition) is 5. The number of hydrogen-bond donors (Lipinski definition) is 1. The quantitative estimate of drug-likeness (QED) is 0.902. The van der Waals surface area contributed by atoms with Gasteiger partial charge in [0.2, 0.25) is 0 Å². The third-order valence-corrected chi connectivity index (χ3v) is 3.33. The molecular formula is C14H18Cl2N4O2. The zero-order valence-corrected chi connectivity index (χ0v) is 13.7. The third kappa shape index (κ3) is 3.97. The highest BCUT2D eigenvalue weighted by Crippen LogP contribution is 2.19. The van der Waals surface area contributed by atoms with Gasteiger partial charge in [0.05, 0.1) is 0 Å². The van der Waals surface area contributed by atoms with Crippen molar-refractivity contribution in [2.75, 3.05) is 19.6 Å². The van der Waals surface area contributed by atoms with Gasteiger partial charge in [-0.3, -0.25) is 9.78 Å². The van der Waals surface area contributed by atoms with Gasteiger partial charge in [0.1, 0.15) is 0 Å². The smallest absolute Gasteiger partial charge is 0.276 e. The summed E-state index contributed by atoms with van der Waals surface area (Å²) in [7, 11) is 0. The molecule has 1 fully saturated rings. The van der Waals surface area contributed by atoms with Crippen LogP contribution in [0.4, 0.5) is 0 Å². The molecule has 1 atom stereocenters. The monoisotopic (exact) mass is 344 g/mol. The maximum atomic E-state index is 12.3. The molecule has 0 spiro atoms. The molecule has 1 N–H and O–H groups in total. The highest BCUT2D eigenvalue weighted by Gasteiger charge is 2.24. The number of aromatic nitrogens is 2. The van der Waals surface area contributed by atoms with Gasteiger partial charge in [0.25, 0.3) is 5.91 Å². The standard InChI is InChI=1S/C14H16N4O2.2ClH/c1-10-9-18(6-5-16-10)14(19)12-7-13(20-17-12)11-3-2-4-15-8-11;;/h2-4,7-8,10,16H,5-6,9H2,1H3;2*1H. The molecule has 2 aromatic heterocycles. The first-order chi connectivity index (χ1) is 9.74. The number of carbonyl (C=O) groups is 1. The summed E-state index contributed by atoms with van der Waals surface area (Å²) in [5, 5.41) is 7.18. The number of rotatable bonds is 2. The Morgan fingerprint density at radius 3 is 2.95 bits per heavy atom. The van der Waals surface area contributed by atoms with Crippen LogP contribution in [0, 0.1) is 0 Å². The van der Waals surface area contributed by atoms with Gasteiger partial charge in [-0.1, -0.05) is 5.16 Å². The van der Waals surface area contributed by atoms with Crippen LogP contribution >= 0.6 is 24.8 Å². The Kier molecular flexibility index (Phi) is 6.80. The topological polar surface area (TPSA) is 71.3 Å². The maximum Gasteiger partial charge on any atom is 0.276 e. The van der Waals surface area contributed by atoms with Crippen molar-refractivity contribution in [1.82, 2.24) is 20.4 Å². The highest BCUT2D eigenvalue weighted by molar-refractivity contribution is 5.93. The van der Waals surface area contributed by atoms with Crippen LogP contribution in [-0.4, -0.2) is 46.6 Å². The van der Waals surface area contributed by atoms with Crippen LogP contribution < -0.4 is 5.32 Å². The van der Waals surface area contributed by atoms with Gasteiger partial charge >= 0.3 is 0 Å². The van der Waals surface area contributed by atoms with Gasteiger partial charge in [-0.25, -0.2) is 0 Å². The number of carbonyl (C=O) groups excluding carboxylic acids is 1. The van der Waals surface area contributed by atoms with Gasteiger partial charge in [-0.15, -0.1) is 24.8 Å². The van der Waals surface area contributed by atoms with Gasteiger partial charge in [0, 0.05) is 49.7 Å². The van der Waals surface area contributed by atoms with Crippen molar-refractivity contribution in [3.8, 4) is 11.3 Å². The van der Waals surface area contributed by atoms with Crippen molar-refractivity contribution in [1.29, 1.82) is 0 Å². The minimum Gasteiger partial charge on any atom is -0.355 e. The molecule has 0 saturated carbocycles. The van der Waals surface area contributed by atoms with Gasteiger partial charge < -0.3 is 14.7 Å². The second kappa shape index (κ2) is 8.12. The molecule has 1 aliphatic rings. The van der Waals surface area contributed by atoms with E-state index in [2.05, 4.69) is 22.4 Å². The summed E-state index contributed by atoms with van der Waals surface area (Å²) < 4.78 is 5.24. The van der Waals surface area contributed by atoms with Crippen LogP contribution in [0.15, 0.2) is 35.1 Å². The predicted molar refractivity (Wildman–Crippen MR) is 87.6 cm³/mol. The Balaban J connectivity index is 0.00000121. The molecule has 0 aromatic carbocycles. The molecule has 120 valence electrons. The lowest BCUT2D eigenvalue weighted by molar-refractivity contribution is 0.0698. The van der Waals surface area contributed by atoms with Crippen molar-refractivity contribution in [3.63, 3.8) is 0 Å². The van der Waals surface area contributed by atoms with E-state index in [-0.39, 0.29) is 30.7 Å². The predicted octanol–water partition coefficient (Wildman–Crippen LogP) is 2.01. The summed E-state index contributed by atoms with van der Waals surface area (Å²) in [6, 6.07) is 5.66. The average Bonchev–Trinajstić information content (AvgIpc) is 2.97. The molecule has 1 aliphatic heterocycles. The van der Waals surface area contributed by atoms with E-state index in [9.17, 15) is 4.79 Å². The molecule has 0 radical (unpaired) electrons. The minimum atomic E-state index is -0.0859. The molecule has 3 heterocycles. The second-order valence-corrected chi connectivity index (χ2v) is 4.92. The molecule has 0 aliphatic carbocycles. The fraction of sp³-hybridized carbons (Fsp3) is 0.357. The molecule has 6 nitrogen and oxygen atoms in total. The van der Waals surface area contributed by atoms with Crippen LogP contribution in [0.3, 0.4) is 0 Å². The van der Waals surface area contributed by atoms with Crippen LogP contribution in [0.2, 0.25) is 0 Å². The lowest BCUT2D eigenvalue weighted by Gasteiger charge is -2.31. The van der Waals surface area contributed by atoms with Crippen LogP contribution in [0.1, 0.15) is 17.4 Å². The van der Waals surface area contributed by atoms with Crippen LogP contribution in [0.5, 0.6) is 0 Å². The van der Waals surface area contributed by atoms with E-state index >= 15 is 0 Å². The van der Waals surface area contributed by atoms with Gasteiger partial charge in [-0.2, -0.15) is 0 Å². The molecular weight excluding hydrogens is 327 g/mol. The second-order valence-electron chi connectivity index (χ2n) is 4.92. The van der Waals surface area contributed by atoms with Crippen LogP contribution in [-0.2, 0) is 0 Å². The molecule has 2 aromatic rings. The summed E-state index contributed by atoms with van der Waals surface area (Å²) in [6.45, 7) is 4.25. The normalized spacial score (nSPS) is 17.3. The Labute approximate surface area is 141 Å². The van der Waals surface area contributed by atoms with Crippen molar-refractivity contribution in [3.05, 3.63) is 36.3 Å². The molecule has 1 saturated heterocycles. The van der Waals surface area contributed by atoms with Crippen molar-refractivity contribution in [2.45, 2.75) is 13.0 Å². The summed E-state index contributed by atoms with van der Waals surface area (Å²) in [6.07, 6.45) is 3.37. The zero-order chi connectivity index (χ0) is 13.9. The van der Waals surface area contributed by atoms with Crippen molar-refractivity contribution >= 4 is 30.7 Å². The van der Waals surface area contributed by atoms with E-state index in [0.29, 0.717) is 30.6 Å². The van der Waals surface area contributed by atoms with E-state index in [0.717, 1.165) is 12.1 Å². The first-order valence-electron chi connectivity index (χ1n) is 6.64. The number of piperazine rings is 1. The maximum absolute atomic E-state index is 12.3. The van der Waals surface area contributed by atoms with Crippen LogP contribution in [0.25, 0.3) is 11.3 Å². The fourth-order valence-corrected chi connectivity index (χ4v) is 2.30. The molecule has 1 amide bonds. The number of amides is 1. The zero-order valence-electron chi connectivity index (χ0n) is 12.1. The summed E-state index contributed by atoms with van der Waals surface area (Å²) in [5.74, 6) is 0.474. The Bertz CT molecular complexity index is 606. The van der Waals surface area contributed by atoms with E-state index < -0.39 is 0 Å². The third-order valence-electron chi connectivity index (χ3n) is 3.33. The Morgan fingerprint density at radius 2 is 2.27 bits per heavy atom. The summed E-state index contributed by atoms with van der Waals surface area (Å²) in [4.78, 5) is 18.2. The van der Waals surface area contributed by atoms with Gasteiger partial charge in [-0.05, 0) is 19.1 Å². The highest BCUT2D eigenvalue weighted by atomic mass is 35.5. The number of nitrogens with one attached hydrogen (secondary N) is 1. The molecule has 1 unspecified atom stereocenters. The van der Waals surface area contributed by atoms with E-state index in [1.54, 1.807) is 23.4 Å². The van der Waals surface area contributed by atoms with Gasteiger partial charge in [0.15, 0.2) is 11.5 Å². The minimum absolute atomic E-state index is 0. The Morgan fingerprint density at radius 1 is 1.45 bits per heavy atom. The summed E-state index contributed by atoms with van der Waals surface area (Å²) >= 11 is 0. The molecule has 3 rings (SSSR count). The number of pyridine rings is 1. The summed E-state index contributed by atoms with van der Waals surface area (Å²) in [5.41, 5.74) is 1.16. The molecule has 22 heavy (non-hydrogen) atoms. The lowest BCUT2D eigenvalue weighted by atomic mass is 10.2. The molecule has 0 bridgehead atoms. The lowest BCUT2D eigenvalue weighted by Crippen LogP contribution is -2.51. The first kappa shape index (κ1) is 18.4.